The maximum atomic E-state index is 12.9. The number of halogens is 14. The van der Waals surface area contributed by atoms with Crippen LogP contribution in [-0.4, -0.2) is 54.3 Å². The Hall–Kier alpha value is -1.07. The SMILES string of the molecule is O=S(=O)(O)C(F)(F)C(F)(F)C(F)C(F)(F)C(F)(F)C(F)(F)C(F)(F)F. The van der Waals surface area contributed by atoms with Crippen molar-refractivity contribution < 1.29 is 74.4 Å². The van der Waals surface area contributed by atoms with Gasteiger partial charge in [0, 0.05) is 0 Å². The van der Waals surface area contributed by atoms with E-state index in [2.05, 4.69) is 0 Å². The van der Waals surface area contributed by atoms with E-state index in [0.717, 1.165) is 0 Å². The summed E-state index contributed by atoms with van der Waals surface area (Å²) in [6.45, 7) is 0. The van der Waals surface area contributed by atoms with Crippen molar-refractivity contribution in [2.45, 2.75) is 41.3 Å². The van der Waals surface area contributed by atoms with E-state index in [0.29, 0.717) is 0 Å². The molecule has 1 N–H and O–H groups in total. The van der Waals surface area contributed by atoms with Crippen LogP contribution in [0.3, 0.4) is 0 Å². The molecule has 0 spiro atoms. The molecule has 3 nitrogen and oxygen atoms in total. The number of alkyl halides is 14. The van der Waals surface area contributed by atoms with E-state index in [1.54, 1.807) is 0 Å². The smallest absolute Gasteiger partial charge is 0.281 e. The fourth-order valence-corrected chi connectivity index (χ4v) is 1.54. The largest absolute Gasteiger partial charge is 0.460 e. The van der Waals surface area contributed by atoms with Crippen LogP contribution in [-0.2, 0) is 10.1 Å². The van der Waals surface area contributed by atoms with Crippen LogP contribution in [0, 0.1) is 0 Å². The molecule has 0 aliphatic rings. The molecule has 0 aliphatic heterocycles. The molecule has 0 saturated carbocycles. The summed E-state index contributed by atoms with van der Waals surface area (Å²) < 4.78 is 202. The second-order valence-electron chi connectivity index (χ2n) is 4.25. The van der Waals surface area contributed by atoms with Crippen molar-refractivity contribution in [3.8, 4) is 0 Å². The summed E-state index contributed by atoms with van der Waals surface area (Å²) in [5.41, 5.74) is 0. The highest BCUT2D eigenvalue weighted by atomic mass is 32.2. The molecule has 0 fully saturated rings. The van der Waals surface area contributed by atoms with E-state index in [-0.39, 0.29) is 0 Å². The lowest BCUT2D eigenvalue weighted by molar-refractivity contribution is -0.413. The predicted molar refractivity (Wildman–Crippen MR) is 47.2 cm³/mol. The molecule has 0 rings (SSSR count). The molecule has 0 aliphatic carbocycles. The van der Waals surface area contributed by atoms with Gasteiger partial charge in [-0.1, -0.05) is 0 Å². The van der Waals surface area contributed by atoms with Gasteiger partial charge in [-0.15, -0.1) is 0 Å². The van der Waals surface area contributed by atoms with Crippen molar-refractivity contribution in [1.29, 1.82) is 0 Å². The number of hydrogen-bond acceptors (Lipinski definition) is 2. The molecule has 25 heavy (non-hydrogen) atoms. The summed E-state index contributed by atoms with van der Waals surface area (Å²) in [5.74, 6) is -31.4. The van der Waals surface area contributed by atoms with Gasteiger partial charge in [0.15, 0.2) is 0 Å². The van der Waals surface area contributed by atoms with Crippen LogP contribution >= 0.6 is 0 Å². The van der Waals surface area contributed by atoms with Crippen LogP contribution in [0.2, 0.25) is 0 Å². The molecule has 0 aromatic rings. The molecule has 0 amide bonds. The molecule has 1 unspecified atom stereocenters. The molecule has 18 heteroatoms. The van der Waals surface area contributed by atoms with Gasteiger partial charge in [0.1, 0.15) is 0 Å². The highest BCUT2D eigenvalue weighted by molar-refractivity contribution is 7.87. The Balaban J connectivity index is 6.37. The minimum absolute atomic E-state index is 6.60. The van der Waals surface area contributed by atoms with Gasteiger partial charge < -0.3 is 0 Å². The van der Waals surface area contributed by atoms with Crippen LogP contribution in [0.25, 0.3) is 0 Å². The molecule has 152 valence electrons. The van der Waals surface area contributed by atoms with E-state index in [4.69, 9.17) is 4.55 Å². The molecule has 0 heterocycles. The maximum absolute atomic E-state index is 12.9. The summed E-state index contributed by atoms with van der Waals surface area (Å²) in [4.78, 5) is 0. The summed E-state index contributed by atoms with van der Waals surface area (Å²) in [6.07, 6.45) is -14.2. The van der Waals surface area contributed by atoms with Crippen molar-refractivity contribution in [2.24, 2.45) is 0 Å². The fourth-order valence-electron chi connectivity index (χ4n) is 1.09. The molecule has 0 bridgehead atoms. The van der Waals surface area contributed by atoms with E-state index < -0.39 is 51.4 Å². The minimum Gasteiger partial charge on any atom is -0.281 e. The van der Waals surface area contributed by atoms with Crippen molar-refractivity contribution in [1.82, 2.24) is 0 Å². The quantitative estimate of drug-likeness (QED) is 0.512. The lowest BCUT2D eigenvalue weighted by Gasteiger charge is -2.37. The van der Waals surface area contributed by atoms with Crippen molar-refractivity contribution >= 4 is 10.1 Å². The fraction of sp³-hybridized carbons (Fsp3) is 1.00. The zero-order valence-electron chi connectivity index (χ0n) is 10.5. The van der Waals surface area contributed by atoms with Crippen LogP contribution in [0.15, 0.2) is 0 Å². The van der Waals surface area contributed by atoms with Crippen LogP contribution in [0.1, 0.15) is 0 Å². The van der Waals surface area contributed by atoms with Gasteiger partial charge in [-0.3, -0.25) is 4.55 Å². The first-order valence-corrected chi connectivity index (χ1v) is 6.41. The highest BCUT2D eigenvalue weighted by Crippen LogP contribution is 2.57. The molecule has 0 aromatic heterocycles. The Labute approximate surface area is 127 Å². The Kier molecular flexibility index (Phi) is 5.47. The third kappa shape index (κ3) is 3.21. The zero-order chi connectivity index (χ0) is 21.1. The predicted octanol–water partition coefficient (Wildman–Crippen LogP) is 3.91. The molecule has 0 saturated heterocycles. The molecular weight excluding hydrogens is 430 g/mol. The van der Waals surface area contributed by atoms with E-state index in [9.17, 15) is 69.9 Å². The first-order chi connectivity index (χ1) is 10.4. The van der Waals surface area contributed by atoms with E-state index in [1.165, 1.54) is 0 Å². The number of rotatable bonds is 6. The van der Waals surface area contributed by atoms with Crippen molar-refractivity contribution in [3.05, 3.63) is 0 Å². The maximum Gasteiger partial charge on any atom is 0.460 e. The normalized spacial score (nSPS) is 17.6. The molecule has 0 aromatic carbocycles. The molecule has 0 radical (unpaired) electrons. The standard InChI is InChI=1S/C7H2F14O3S/c8-1(3(11,12)7(20,21)25(22,23)24)2(9,10)4(13,14)5(15,16)6(17,18)19/h1H,(H,22,23,24). The van der Waals surface area contributed by atoms with Gasteiger partial charge in [-0.05, 0) is 0 Å². The third-order valence-electron chi connectivity index (χ3n) is 2.52. The summed E-state index contributed by atoms with van der Waals surface area (Å²) in [6, 6.07) is 0. The van der Waals surface area contributed by atoms with Crippen LogP contribution < -0.4 is 0 Å². The molecular formula is C7H2F14O3S. The van der Waals surface area contributed by atoms with Gasteiger partial charge in [-0.2, -0.15) is 65.5 Å². The summed E-state index contributed by atoms with van der Waals surface area (Å²) in [7, 11) is -7.49. The first-order valence-electron chi connectivity index (χ1n) is 4.97. The Morgan fingerprint density at radius 1 is 0.640 bits per heavy atom. The Morgan fingerprint density at radius 2 is 0.960 bits per heavy atom. The Bertz CT molecular complexity index is 604. The zero-order valence-corrected chi connectivity index (χ0v) is 11.4. The average Bonchev–Trinajstić information content (AvgIpc) is 2.34. The van der Waals surface area contributed by atoms with Gasteiger partial charge in [0.05, 0.1) is 0 Å². The monoisotopic (exact) mass is 432 g/mol. The minimum atomic E-state index is -8.06. The van der Waals surface area contributed by atoms with Crippen molar-refractivity contribution in [3.63, 3.8) is 0 Å². The second-order valence-corrected chi connectivity index (χ2v) is 5.71. The van der Waals surface area contributed by atoms with Gasteiger partial charge in [0.25, 0.3) is 0 Å². The highest BCUT2D eigenvalue weighted by Gasteiger charge is 2.88. The van der Waals surface area contributed by atoms with Crippen LogP contribution in [0.4, 0.5) is 61.5 Å². The Morgan fingerprint density at radius 3 is 1.20 bits per heavy atom. The van der Waals surface area contributed by atoms with Gasteiger partial charge in [-0.25, -0.2) is 4.39 Å². The average molecular weight is 432 g/mol. The topological polar surface area (TPSA) is 54.4 Å². The lowest BCUT2D eigenvalue weighted by Crippen LogP contribution is -2.68. The summed E-state index contributed by atoms with van der Waals surface area (Å²) in [5, 5.41) is -7.29. The van der Waals surface area contributed by atoms with Gasteiger partial charge in [0.2, 0.25) is 6.17 Å². The first kappa shape index (κ1) is 23.9. The lowest BCUT2D eigenvalue weighted by atomic mass is 9.96. The number of hydrogen-bond donors (Lipinski definition) is 1. The second kappa shape index (κ2) is 5.71. The van der Waals surface area contributed by atoms with E-state index in [1.807, 2.05) is 0 Å². The van der Waals surface area contributed by atoms with Crippen LogP contribution in [0.5, 0.6) is 0 Å². The third-order valence-corrected chi connectivity index (χ3v) is 3.44. The van der Waals surface area contributed by atoms with Crippen molar-refractivity contribution in [2.75, 3.05) is 0 Å². The van der Waals surface area contributed by atoms with Gasteiger partial charge >= 0.3 is 45.2 Å². The van der Waals surface area contributed by atoms with E-state index >= 15 is 0 Å². The summed E-state index contributed by atoms with van der Waals surface area (Å²) >= 11 is 0. The molecule has 1 atom stereocenters.